The summed E-state index contributed by atoms with van der Waals surface area (Å²) < 4.78 is 25.8. The van der Waals surface area contributed by atoms with E-state index in [9.17, 15) is 13.6 Å². The molecule has 1 rings (SSSR count). The van der Waals surface area contributed by atoms with E-state index in [0.29, 0.717) is 30.0 Å². The van der Waals surface area contributed by atoms with Gasteiger partial charge in [-0.1, -0.05) is 13.8 Å². The maximum absolute atomic E-state index is 13.0. The molecule has 1 aromatic carbocycles. The van der Waals surface area contributed by atoms with Crippen molar-refractivity contribution >= 4 is 17.7 Å². The first-order chi connectivity index (χ1) is 9.84. The normalized spacial score (nSPS) is 11.5. The van der Waals surface area contributed by atoms with Gasteiger partial charge in [-0.3, -0.25) is 4.79 Å². The van der Waals surface area contributed by atoms with Gasteiger partial charge in [0, 0.05) is 30.2 Å². The van der Waals surface area contributed by atoms with Crippen LogP contribution in [-0.4, -0.2) is 29.9 Å². The Morgan fingerprint density at radius 2 is 2.05 bits per heavy atom. The molecule has 0 aromatic heterocycles. The summed E-state index contributed by atoms with van der Waals surface area (Å²) in [6.45, 7) is 4.54. The van der Waals surface area contributed by atoms with Crippen LogP contribution in [0, 0.1) is 17.0 Å². The van der Waals surface area contributed by atoms with Crippen molar-refractivity contribution in [3.05, 3.63) is 29.8 Å². The summed E-state index contributed by atoms with van der Waals surface area (Å²) in [4.78, 5) is 12.3. The number of aliphatic hydroxyl groups excluding tert-OH is 1. The molecule has 118 valence electrons. The van der Waals surface area contributed by atoms with Gasteiger partial charge in [-0.25, -0.2) is 8.78 Å². The molecule has 0 radical (unpaired) electrons. The number of carbonyl (C=O) groups excluding carboxylic acids is 1. The Bertz CT molecular complexity index is 481. The van der Waals surface area contributed by atoms with Crippen LogP contribution in [0.3, 0.4) is 0 Å². The number of carbonyl (C=O) groups is 1. The van der Waals surface area contributed by atoms with Gasteiger partial charge in [-0.05, 0) is 30.0 Å². The molecule has 0 unspecified atom stereocenters. The lowest BCUT2D eigenvalue weighted by atomic mass is 9.90. The molecule has 0 bridgehead atoms. The minimum atomic E-state index is -0.879. The van der Waals surface area contributed by atoms with E-state index in [4.69, 9.17) is 5.11 Å². The minimum Gasteiger partial charge on any atom is -0.396 e. The van der Waals surface area contributed by atoms with Crippen molar-refractivity contribution in [2.45, 2.75) is 31.6 Å². The Morgan fingerprint density at radius 3 is 2.67 bits per heavy atom. The van der Waals surface area contributed by atoms with Gasteiger partial charge in [0.2, 0.25) is 5.91 Å². The van der Waals surface area contributed by atoms with Crippen molar-refractivity contribution in [3.8, 4) is 0 Å². The fraction of sp³-hybridized carbons (Fsp3) is 0.533. The van der Waals surface area contributed by atoms with Crippen LogP contribution >= 0.6 is 11.8 Å². The first-order valence-corrected chi connectivity index (χ1v) is 7.78. The third-order valence-electron chi connectivity index (χ3n) is 3.04. The SMILES string of the molecule is CC(C)(CCO)CNC(=O)CCSc1ccc(F)c(F)c1. The molecular weight excluding hydrogens is 296 g/mol. The van der Waals surface area contributed by atoms with Crippen molar-refractivity contribution < 1.29 is 18.7 Å². The highest BCUT2D eigenvalue weighted by molar-refractivity contribution is 7.99. The molecule has 2 N–H and O–H groups in total. The van der Waals surface area contributed by atoms with Crippen molar-refractivity contribution in [3.63, 3.8) is 0 Å². The van der Waals surface area contributed by atoms with Gasteiger partial charge in [0.15, 0.2) is 11.6 Å². The zero-order valence-corrected chi connectivity index (χ0v) is 13.1. The van der Waals surface area contributed by atoms with Crippen molar-refractivity contribution in [2.24, 2.45) is 5.41 Å². The number of amides is 1. The number of aliphatic hydroxyl groups is 1. The second-order valence-corrected chi connectivity index (χ2v) is 6.76. The molecule has 3 nitrogen and oxygen atoms in total. The summed E-state index contributed by atoms with van der Waals surface area (Å²) in [6, 6.07) is 3.70. The van der Waals surface area contributed by atoms with E-state index in [0.717, 1.165) is 12.1 Å². The second kappa shape index (κ2) is 8.34. The first-order valence-electron chi connectivity index (χ1n) is 6.79. The summed E-state index contributed by atoms with van der Waals surface area (Å²) in [6.07, 6.45) is 0.926. The zero-order chi connectivity index (χ0) is 15.9. The molecule has 6 heteroatoms. The van der Waals surface area contributed by atoms with Crippen LogP contribution in [0.2, 0.25) is 0 Å². The Morgan fingerprint density at radius 1 is 1.33 bits per heavy atom. The molecule has 0 fully saturated rings. The second-order valence-electron chi connectivity index (χ2n) is 5.59. The molecule has 21 heavy (non-hydrogen) atoms. The van der Waals surface area contributed by atoms with Gasteiger partial charge in [-0.2, -0.15) is 0 Å². The molecule has 1 aromatic rings. The van der Waals surface area contributed by atoms with Gasteiger partial charge in [0.25, 0.3) is 0 Å². The Kier molecular flexibility index (Phi) is 7.11. The third-order valence-corrected chi connectivity index (χ3v) is 4.04. The van der Waals surface area contributed by atoms with Crippen LogP contribution in [0.1, 0.15) is 26.7 Å². The average molecular weight is 317 g/mol. The van der Waals surface area contributed by atoms with Crippen LogP contribution < -0.4 is 5.32 Å². The van der Waals surface area contributed by atoms with Gasteiger partial charge in [0.05, 0.1) is 0 Å². The standard InChI is InChI=1S/C15H21F2NO2S/c1-15(2,6-7-19)10-18-14(20)5-8-21-11-3-4-12(16)13(17)9-11/h3-4,9,19H,5-8,10H2,1-2H3,(H,18,20). The molecule has 0 atom stereocenters. The molecule has 0 heterocycles. The highest BCUT2D eigenvalue weighted by Crippen LogP contribution is 2.21. The van der Waals surface area contributed by atoms with Gasteiger partial charge in [0.1, 0.15) is 0 Å². The van der Waals surface area contributed by atoms with Crippen LogP contribution in [-0.2, 0) is 4.79 Å². The molecule has 0 aliphatic heterocycles. The maximum Gasteiger partial charge on any atom is 0.220 e. The summed E-state index contributed by atoms with van der Waals surface area (Å²) >= 11 is 1.31. The number of halogens is 2. The van der Waals surface area contributed by atoms with E-state index in [1.54, 1.807) is 0 Å². The Balaban J connectivity index is 2.29. The minimum absolute atomic E-state index is 0.0869. The van der Waals surface area contributed by atoms with Crippen LogP contribution in [0.4, 0.5) is 8.78 Å². The monoisotopic (exact) mass is 317 g/mol. The van der Waals surface area contributed by atoms with E-state index in [1.165, 1.54) is 17.8 Å². The summed E-state index contributed by atoms with van der Waals surface area (Å²) in [5, 5.41) is 11.7. The fourth-order valence-electron chi connectivity index (χ4n) is 1.65. The molecule has 0 saturated carbocycles. The summed E-state index contributed by atoms with van der Waals surface area (Å²) in [5.41, 5.74) is -0.141. The smallest absolute Gasteiger partial charge is 0.220 e. The molecular formula is C15H21F2NO2S. The largest absolute Gasteiger partial charge is 0.396 e. The van der Waals surface area contributed by atoms with Crippen molar-refractivity contribution in [1.82, 2.24) is 5.32 Å². The number of thioether (sulfide) groups is 1. The molecule has 0 saturated heterocycles. The lowest BCUT2D eigenvalue weighted by Gasteiger charge is -2.23. The van der Waals surface area contributed by atoms with Crippen molar-refractivity contribution in [1.29, 1.82) is 0 Å². The van der Waals surface area contributed by atoms with E-state index in [-0.39, 0.29) is 17.9 Å². The van der Waals surface area contributed by atoms with E-state index in [1.807, 2.05) is 13.8 Å². The topological polar surface area (TPSA) is 49.3 Å². The van der Waals surface area contributed by atoms with Crippen LogP contribution in [0.25, 0.3) is 0 Å². The van der Waals surface area contributed by atoms with Crippen molar-refractivity contribution in [2.75, 3.05) is 18.9 Å². The summed E-state index contributed by atoms with van der Waals surface area (Å²) in [7, 11) is 0. The highest BCUT2D eigenvalue weighted by Gasteiger charge is 2.17. The van der Waals surface area contributed by atoms with Crippen LogP contribution in [0.15, 0.2) is 23.1 Å². The number of hydrogen-bond donors (Lipinski definition) is 2. The van der Waals surface area contributed by atoms with Gasteiger partial charge >= 0.3 is 0 Å². The van der Waals surface area contributed by atoms with Gasteiger partial charge in [-0.15, -0.1) is 11.8 Å². The quantitative estimate of drug-likeness (QED) is 0.725. The third kappa shape index (κ3) is 6.91. The Hall–Kier alpha value is -1.14. The Labute approximate surface area is 128 Å². The maximum atomic E-state index is 13.0. The number of hydrogen-bond acceptors (Lipinski definition) is 3. The fourth-order valence-corrected chi connectivity index (χ4v) is 2.52. The number of nitrogens with one attached hydrogen (secondary N) is 1. The number of rotatable bonds is 8. The number of benzene rings is 1. The average Bonchev–Trinajstić information content (AvgIpc) is 2.41. The molecule has 0 spiro atoms. The predicted molar refractivity (Wildman–Crippen MR) is 80.2 cm³/mol. The lowest BCUT2D eigenvalue weighted by Crippen LogP contribution is -2.34. The highest BCUT2D eigenvalue weighted by atomic mass is 32.2. The molecule has 1 amide bonds. The lowest BCUT2D eigenvalue weighted by molar-refractivity contribution is -0.121. The molecule has 0 aliphatic rings. The van der Waals surface area contributed by atoms with E-state index >= 15 is 0 Å². The summed E-state index contributed by atoms with van der Waals surface area (Å²) in [5.74, 6) is -1.34. The molecule has 0 aliphatic carbocycles. The van der Waals surface area contributed by atoms with E-state index < -0.39 is 11.6 Å². The van der Waals surface area contributed by atoms with E-state index in [2.05, 4.69) is 5.32 Å². The van der Waals surface area contributed by atoms with Crippen LogP contribution in [0.5, 0.6) is 0 Å². The predicted octanol–water partition coefficient (Wildman–Crippen LogP) is 2.97. The van der Waals surface area contributed by atoms with Gasteiger partial charge < -0.3 is 10.4 Å². The zero-order valence-electron chi connectivity index (χ0n) is 12.3. The first kappa shape index (κ1) is 17.9.